The van der Waals surface area contributed by atoms with Crippen LogP contribution in [0.25, 0.3) is 0 Å². The van der Waals surface area contributed by atoms with Crippen molar-refractivity contribution in [3.05, 3.63) is 35.9 Å². The molecule has 0 unspecified atom stereocenters. The Balaban J connectivity index is 0.00000288. The van der Waals surface area contributed by atoms with Crippen molar-refractivity contribution in [2.45, 2.75) is 31.4 Å². The van der Waals surface area contributed by atoms with Crippen LogP contribution in [-0.2, 0) is 20.4 Å². The number of hydrogen-bond donors (Lipinski definition) is 2. The average Bonchev–Trinajstić information content (AvgIpc) is 2.54. The molecule has 2 N–H and O–H groups in total. The second-order valence-corrected chi connectivity index (χ2v) is 8.34. The minimum absolute atomic E-state index is 0. The molecule has 1 aliphatic heterocycles. The molecule has 0 saturated carbocycles. The molecular formula is C17H27ClN2O3S. The van der Waals surface area contributed by atoms with Crippen molar-refractivity contribution in [3.63, 3.8) is 0 Å². The zero-order valence-corrected chi connectivity index (χ0v) is 15.5. The van der Waals surface area contributed by atoms with E-state index in [0.29, 0.717) is 12.3 Å². The van der Waals surface area contributed by atoms with Crippen molar-refractivity contribution in [3.8, 4) is 0 Å². The lowest BCUT2D eigenvalue weighted by Crippen LogP contribution is -2.31. The van der Waals surface area contributed by atoms with E-state index in [9.17, 15) is 13.2 Å². The minimum atomic E-state index is -3.19. The van der Waals surface area contributed by atoms with Crippen LogP contribution in [0.3, 0.4) is 0 Å². The Morgan fingerprint density at radius 3 is 2.50 bits per heavy atom. The largest absolute Gasteiger partial charge is 0.355 e. The number of carbonyl (C=O) groups is 1. The Morgan fingerprint density at radius 1 is 1.17 bits per heavy atom. The van der Waals surface area contributed by atoms with E-state index in [1.165, 1.54) is 0 Å². The number of nitrogens with one attached hydrogen (secondary N) is 2. The smallest absolute Gasteiger partial charge is 0.220 e. The molecule has 0 aliphatic carbocycles. The molecule has 0 radical (unpaired) electrons. The second-order valence-electron chi connectivity index (χ2n) is 6.16. The van der Waals surface area contributed by atoms with Gasteiger partial charge < -0.3 is 10.6 Å². The van der Waals surface area contributed by atoms with E-state index >= 15 is 0 Å². The van der Waals surface area contributed by atoms with Crippen molar-refractivity contribution in [2.75, 3.05) is 25.4 Å². The fourth-order valence-electron chi connectivity index (χ4n) is 2.84. The molecule has 1 saturated heterocycles. The predicted molar refractivity (Wildman–Crippen MR) is 99.0 cm³/mol. The number of carbonyl (C=O) groups excluding carboxylic acids is 1. The molecule has 1 aliphatic rings. The second kappa shape index (κ2) is 10.7. The van der Waals surface area contributed by atoms with E-state index in [4.69, 9.17) is 0 Å². The van der Waals surface area contributed by atoms with Crippen LogP contribution in [-0.4, -0.2) is 39.7 Å². The molecule has 1 heterocycles. The Hall–Kier alpha value is -1.11. The summed E-state index contributed by atoms with van der Waals surface area (Å²) in [5, 5.41) is 6.04. The van der Waals surface area contributed by atoms with Crippen LogP contribution >= 0.6 is 12.4 Å². The first kappa shape index (κ1) is 20.9. The first-order chi connectivity index (χ1) is 11.1. The highest BCUT2D eigenvalue weighted by Crippen LogP contribution is 2.17. The summed E-state index contributed by atoms with van der Waals surface area (Å²) in [6.07, 6.45) is 3.63. The van der Waals surface area contributed by atoms with E-state index in [1.54, 1.807) is 12.1 Å². The van der Waals surface area contributed by atoms with Crippen LogP contribution < -0.4 is 10.6 Å². The third-order valence-electron chi connectivity index (χ3n) is 4.20. The molecule has 1 aromatic rings. The molecule has 1 amide bonds. The Bertz CT molecular complexity index is 587. The highest BCUT2D eigenvalue weighted by molar-refractivity contribution is 7.90. The van der Waals surface area contributed by atoms with Crippen LogP contribution in [0.15, 0.2) is 30.3 Å². The lowest BCUT2D eigenvalue weighted by molar-refractivity contribution is -0.121. The Labute approximate surface area is 150 Å². The summed E-state index contributed by atoms with van der Waals surface area (Å²) in [6, 6.07) is 9.11. The number of hydrogen-bond acceptors (Lipinski definition) is 4. The van der Waals surface area contributed by atoms with Crippen molar-refractivity contribution in [1.29, 1.82) is 0 Å². The quantitative estimate of drug-likeness (QED) is 0.729. The van der Waals surface area contributed by atoms with Gasteiger partial charge in [0.15, 0.2) is 9.84 Å². The molecule has 0 aromatic heterocycles. The Kier molecular flexibility index (Phi) is 9.33. The molecule has 0 bridgehead atoms. The van der Waals surface area contributed by atoms with Gasteiger partial charge in [-0.15, -0.1) is 12.4 Å². The van der Waals surface area contributed by atoms with Crippen molar-refractivity contribution in [1.82, 2.24) is 10.6 Å². The maximum Gasteiger partial charge on any atom is 0.220 e. The maximum atomic E-state index is 12.0. The standard InChI is InChI=1S/C17H26N2O3S.ClH/c20-17(7-6-15-8-10-18-11-9-15)19-12-13-23(21,22)14-16-4-2-1-3-5-16;/h1-5,15,18H,6-14H2,(H,19,20);1H. The summed E-state index contributed by atoms with van der Waals surface area (Å²) in [7, 11) is -3.19. The lowest BCUT2D eigenvalue weighted by Gasteiger charge is -2.22. The van der Waals surface area contributed by atoms with Gasteiger partial charge in [0.25, 0.3) is 0 Å². The van der Waals surface area contributed by atoms with Gasteiger partial charge in [-0.25, -0.2) is 8.42 Å². The summed E-state index contributed by atoms with van der Waals surface area (Å²) >= 11 is 0. The predicted octanol–water partition coefficient (Wildman–Crippen LogP) is 1.92. The van der Waals surface area contributed by atoms with Gasteiger partial charge in [-0.1, -0.05) is 30.3 Å². The summed E-state index contributed by atoms with van der Waals surface area (Å²) in [4.78, 5) is 11.8. The first-order valence-corrected chi connectivity index (χ1v) is 10.1. The van der Waals surface area contributed by atoms with Gasteiger partial charge in [0.2, 0.25) is 5.91 Å². The fourth-order valence-corrected chi connectivity index (χ4v) is 4.10. The molecule has 7 heteroatoms. The summed E-state index contributed by atoms with van der Waals surface area (Å²) in [5.74, 6) is 0.585. The third-order valence-corrected chi connectivity index (χ3v) is 5.80. The monoisotopic (exact) mass is 374 g/mol. The van der Waals surface area contributed by atoms with Gasteiger partial charge in [0.05, 0.1) is 11.5 Å². The van der Waals surface area contributed by atoms with Crippen molar-refractivity contribution < 1.29 is 13.2 Å². The molecule has 1 fully saturated rings. The number of benzene rings is 1. The van der Waals surface area contributed by atoms with Gasteiger partial charge >= 0.3 is 0 Å². The van der Waals surface area contributed by atoms with E-state index in [1.807, 2.05) is 18.2 Å². The minimum Gasteiger partial charge on any atom is -0.355 e. The third kappa shape index (κ3) is 8.13. The Morgan fingerprint density at radius 2 is 1.83 bits per heavy atom. The molecule has 0 spiro atoms. The van der Waals surface area contributed by atoms with E-state index < -0.39 is 9.84 Å². The van der Waals surface area contributed by atoms with E-state index in [-0.39, 0.29) is 36.4 Å². The van der Waals surface area contributed by atoms with Crippen molar-refractivity contribution >= 4 is 28.2 Å². The number of piperidine rings is 1. The molecule has 2 rings (SSSR count). The molecule has 1 aromatic carbocycles. The topological polar surface area (TPSA) is 75.3 Å². The average molecular weight is 375 g/mol. The van der Waals surface area contributed by atoms with Crippen LogP contribution in [0.4, 0.5) is 0 Å². The van der Waals surface area contributed by atoms with Crippen LogP contribution in [0.1, 0.15) is 31.2 Å². The van der Waals surface area contributed by atoms with Gasteiger partial charge in [-0.3, -0.25) is 4.79 Å². The van der Waals surface area contributed by atoms with E-state index in [0.717, 1.165) is 37.9 Å². The van der Waals surface area contributed by atoms with Crippen LogP contribution in [0, 0.1) is 5.92 Å². The van der Waals surface area contributed by atoms with Crippen molar-refractivity contribution in [2.24, 2.45) is 5.92 Å². The van der Waals surface area contributed by atoms with E-state index in [2.05, 4.69) is 10.6 Å². The lowest BCUT2D eigenvalue weighted by atomic mass is 9.93. The number of sulfone groups is 1. The van der Waals surface area contributed by atoms with Gasteiger partial charge in [0, 0.05) is 13.0 Å². The molecular weight excluding hydrogens is 348 g/mol. The molecule has 136 valence electrons. The van der Waals surface area contributed by atoms with Crippen LogP contribution in [0.5, 0.6) is 0 Å². The van der Waals surface area contributed by atoms with Gasteiger partial charge in [-0.2, -0.15) is 0 Å². The van der Waals surface area contributed by atoms with Gasteiger partial charge in [0.1, 0.15) is 0 Å². The highest BCUT2D eigenvalue weighted by Gasteiger charge is 2.15. The fraction of sp³-hybridized carbons (Fsp3) is 0.588. The highest BCUT2D eigenvalue weighted by atomic mass is 35.5. The molecule has 0 atom stereocenters. The first-order valence-electron chi connectivity index (χ1n) is 8.27. The summed E-state index contributed by atoms with van der Waals surface area (Å²) < 4.78 is 24.1. The number of halogens is 1. The van der Waals surface area contributed by atoms with Gasteiger partial charge in [-0.05, 0) is 43.8 Å². The van der Waals surface area contributed by atoms with Crippen LogP contribution in [0.2, 0.25) is 0 Å². The normalized spacial score (nSPS) is 15.5. The zero-order chi connectivity index (χ0) is 16.5. The molecule has 24 heavy (non-hydrogen) atoms. The number of rotatable bonds is 8. The zero-order valence-electron chi connectivity index (χ0n) is 13.9. The number of amides is 1. The maximum absolute atomic E-state index is 12.0. The summed E-state index contributed by atoms with van der Waals surface area (Å²) in [6.45, 7) is 2.26. The molecule has 5 nitrogen and oxygen atoms in total. The SMILES string of the molecule is Cl.O=C(CCC1CCNCC1)NCCS(=O)(=O)Cc1ccccc1. The summed E-state index contributed by atoms with van der Waals surface area (Å²) in [5.41, 5.74) is 0.782.